The molecule has 104 valence electrons. The van der Waals surface area contributed by atoms with Gasteiger partial charge in [-0.05, 0) is 43.5 Å². The van der Waals surface area contributed by atoms with Crippen molar-refractivity contribution in [1.29, 1.82) is 0 Å². The second-order valence-corrected chi connectivity index (χ2v) is 7.05. The summed E-state index contributed by atoms with van der Waals surface area (Å²) in [7, 11) is 0. The molecule has 0 fully saturated rings. The molecule has 2 N–H and O–H groups in total. The van der Waals surface area contributed by atoms with Gasteiger partial charge < -0.3 is 5.73 Å². The minimum Gasteiger partial charge on any atom is -0.330 e. The van der Waals surface area contributed by atoms with Crippen molar-refractivity contribution in [3.8, 4) is 0 Å². The highest BCUT2D eigenvalue weighted by Crippen LogP contribution is 2.21. The van der Waals surface area contributed by atoms with E-state index in [1.807, 2.05) is 11.3 Å². The van der Waals surface area contributed by atoms with Crippen LogP contribution in [-0.4, -0.2) is 24.5 Å². The molecule has 0 amide bonds. The highest BCUT2D eigenvalue weighted by molar-refractivity contribution is 7.11. The summed E-state index contributed by atoms with van der Waals surface area (Å²) < 4.78 is 0. The fourth-order valence-corrected chi connectivity index (χ4v) is 3.12. The topological polar surface area (TPSA) is 29.3 Å². The second kappa shape index (κ2) is 7.27. The first-order chi connectivity index (χ1) is 8.50. The number of nitrogens with two attached hydrogens (primary N) is 1. The molecule has 0 radical (unpaired) electrons. The van der Waals surface area contributed by atoms with E-state index >= 15 is 0 Å². The molecule has 0 saturated heterocycles. The van der Waals surface area contributed by atoms with Crippen LogP contribution in [0.4, 0.5) is 0 Å². The third-order valence-electron chi connectivity index (χ3n) is 3.19. The molecule has 1 aromatic rings. The Kier molecular flexibility index (Phi) is 6.33. The van der Waals surface area contributed by atoms with Crippen LogP contribution in [0.2, 0.25) is 0 Å². The number of hydrogen-bond donors (Lipinski definition) is 1. The molecular weight excluding hydrogens is 240 g/mol. The summed E-state index contributed by atoms with van der Waals surface area (Å²) in [5.41, 5.74) is 6.05. The molecule has 2 nitrogen and oxygen atoms in total. The lowest BCUT2D eigenvalue weighted by atomic mass is 9.93. The van der Waals surface area contributed by atoms with Gasteiger partial charge in [0.05, 0.1) is 0 Å². The van der Waals surface area contributed by atoms with Gasteiger partial charge in [-0.1, -0.05) is 27.7 Å². The van der Waals surface area contributed by atoms with Gasteiger partial charge in [0.15, 0.2) is 0 Å². The molecule has 0 bridgehead atoms. The third kappa shape index (κ3) is 5.09. The second-order valence-electron chi connectivity index (χ2n) is 5.80. The fourth-order valence-electron chi connectivity index (χ4n) is 2.12. The van der Waals surface area contributed by atoms with Gasteiger partial charge in [0.2, 0.25) is 0 Å². The van der Waals surface area contributed by atoms with Crippen LogP contribution in [0.3, 0.4) is 0 Å². The van der Waals surface area contributed by atoms with Crippen LogP contribution < -0.4 is 5.73 Å². The molecule has 0 saturated carbocycles. The van der Waals surface area contributed by atoms with E-state index in [2.05, 4.69) is 44.7 Å². The van der Waals surface area contributed by atoms with Crippen molar-refractivity contribution in [1.82, 2.24) is 4.90 Å². The zero-order valence-corrected chi connectivity index (χ0v) is 13.1. The Labute approximate surface area is 116 Å². The highest BCUT2D eigenvalue weighted by atomic mass is 32.1. The van der Waals surface area contributed by atoms with E-state index in [-0.39, 0.29) is 5.41 Å². The summed E-state index contributed by atoms with van der Waals surface area (Å²) in [4.78, 5) is 5.51. The molecule has 1 rings (SSSR count). The molecule has 0 aliphatic heterocycles. The first-order valence-corrected chi connectivity index (χ1v) is 7.82. The number of aryl methyl sites for hydroxylation is 1. The fraction of sp³-hybridized carbons (Fsp3) is 0.733. The Morgan fingerprint density at radius 2 is 1.89 bits per heavy atom. The van der Waals surface area contributed by atoms with E-state index < -0.39 is 0 Å². The van der Waals surface area contributed by atoms with Gasteiger partial charge >= 0.3 is 0 Å². The number of rotatable bonds is 8. The lowest BCUT2D eigenvalue weighted by molar-refractivity contribution is 0.177. The van der Waals surface area contributed by atoms with Crippen LogP contribution in [0.15, 0.2) is 12.1 Å². The molecule has 0 aliphatic rings. The van der Waals surface area contributed by atoms with E-state index in [1.54, 1.807) is 0 Å². The Bertz CT molecular complexity index is 344. The van der Waals surface area contributed by atoms with Gasteiger partial charge in [0.25, 0.3) is 0 Å². The molecule has 0 spiro atoms. The predicted molar refractivity (Wildman–Crippen MR) is 82.1 cm³/mol. The quantitative estimate of drug-likeness (QED) is 0.782. The molecular formula is C15H28N2S. The monoisotopic (exact) mass is 268 g/mol. The Morgan fingerprint density at radius 3 is 2.39 bits per heavy atom. The lowest BCUT2D eigenvalue weighted by Gasteiger charge is -2.31. The first kappa shape index (κ1) is 15.7. The average Bonchev–Trinajstić information content (AvgIpc) is 2.76. The van der Waals surface area contributed by atoms with Crippen molar-refractivity contribution >= 4 is 11.3 Å². The van der Waals surface area contributed by atoms with Crippen molar-refractivity contribution < 1.29 is 0 Å². The molecule has 0 atom stereocenters. The van der Waals surface area contributed by atoms with Crippen LogP contribution >= 0.6 is 11.3 Å². The standard InChI is InChI=1S/C15H28N2S/c1-5-9-17(12-15(3,4)11-16)10-14-8-7-13(6-2)18-14/h7-8H,5-6,9-12,16H2,1-4H3. The van der Waals surface area contributed by atoms with Crippen LogP contribution in [-0.2, 0) is 13.0 Å². The molecule has 18 heavy (non-hydrogen) atoms. The average molecular weight is 268 g/mol. The summed E-state index contributed by atoms with van der Waals surface area (Å²) in [6.07, 6.45) is 2.35. The van der Waals surface area contributed by atoms with Crippen LogP contribution in [0.5, 0.6) is 0 Å². The van der Waals surface area contributed by atoms with E-state index in [0.29, 0.717) is 0 Å². The largest absolute Gasteiger partial charge is 0.330 e. The minimum absolute atomic E-state index is 0.208. The van der Waals surface area contributed by atoms with E-state index in [4.69, 9.17) is 5.73 Å². The summed E-state index contributed by atoms with van der Waals surface area (Å²) in [6, 6.07) is 4.54. The molecule has 0 unspecified atom stereocenters. The normalized spacial score (nSPS) is 12.3. The van der Waals surface area contributed by atoms with Crippen molar-refractivity contribution in [2.75, 3.05) is 19.6 Å². The Balaban J connectivity index is 2.62. The molecule has 0 aliphatic carbocycles. The number of nitrogens with zero attached hydrogens (tertiary/aromatic N) is 1. The zero-order valence-electron chi connectivity index (χ0n) is 12.3. The third-order valence-corrected chi connectivity index (χ3v) is 4.40. The Morgan fingerprint density at radius 1 is 1.22 bits per heavy atom. The van der Waals surface area contributed by atoms with E-state index in [1.165, 1.54) is 16.2 Å². The minimum atomic E-state index is 0.208. The summed E-state index contributed by atoms with van der Waals surface area (Å²) in [5, 5.41) is 0. The van der Waals surface area contributed by atoms with E-state index in [0.717, 1.165) is 32.6 Å². The maximum Gasteiger partial charge on any atom is 0.0328 e. The van der Waals surface area contributed by atoms with Gasteiger partial charge in [0, 0.05) is 22.8 Å². The van der Waals surface area contributed by atoms with Crippen molar-refractivity contribution in [2.24, 2.45) is 11.1 Å². The van der Waals surface area contributed by atoms with Crippen LogP contribution in [0, 0.1) is 5.41 Å². The summed E-state index contributed by atoms with van der Waals surface area (Å²) >= 11 is 1.95. The smallest absolute Gasteiger partial charge is 0.0328 e. The van der Waals surface area contributed by atoms with Crippen molar-refractivity contribution in [3.63, 3.8) is 0 Å². The maximum atomic E-state index is 5.85. The van der Waals surface area contributed by atoms with Gasteiger partial charge in [0.1, 0.15) is 0 Å². The molecule has 1 aromatic heterocycles. The van der Waals surface area contributed by atoms with Gasteiger partial charge in [-0.3, -0.25) is 4.90 Å². The number of hydrogen-bond acceptors (Lipinski definition) is 3. The van der Waals surface area contributed by atoms with Crippen LogP contribution in [0.25, 0.3) is 0 Å². The van der Waals surface area contributed by atoms with E-state index in [9.17, 15) is 0 Å². The van der Waals surface area contributed by atoms with Crippen molar-refractivity contribution in [3.05, 3.63) is 21.9 Å². The SMILES string of the molecule is CCCN(Cc1ccc(CC)s1)CC(C)(C)CN. The van der Waals surface area contributed by atoms with Gasteiger partial charge in [-0.15, -0.1) is 11.3 Å². The summed E-state index contributed by atoms with van der Waals surface area (Å²) in [6.45, 7) is 13.0. The first-order valence-electron chi connectivity index (χ1n) is 7.00. The molecule has 0 aromatic carbocycles. The zero-order chi connectivity index (χ0) is 13.6. The van der Waals surface area contributed by atoms with Gasteiger partial charge in [-0.25, -0.2) is 0 Å². The maximum absolute atomic E-state index is 5.85. The number of thiophene rings is 1. The molecule has 3 heteroatoms. The highest BCUT2D eigenvalue weighted by Gasteiger charge is 2.20. The Hall–Kier alpha value is -0.380. The lowest BCUT2D eigenvalue weighted by Crippen LogP contribution is -2.38. The summed E-state index contributed by atoms with van der Waals surface area (Å²) in [5.74, 6) is 0. The van der Waals surface area contributed by atoms with Crippen LogP contribution in [0.1, 0.15) is 43.9 Å². The predicted octanol–water partition coefficient (Wildman–Crippen LogP) is 3.51. The molecule has 1 heterocycles. The van der Waals surface area contributed by atoms with Crippen molar-refractivity contribution in [2.45, 2.75) is 47.1 Å². The van der Waals surface area contributed by atoms with Gasteiger partial charge in [-0.2, -0.15) is 0 Å².